The molecule has 0 bridgehead atoms. The Labute approximate surface area is 208 Å². The van der Waals surface area contributed by atoms with Crippen molar-refractivity contribution in [1.82, 2.24) is 0 Å². The lowest BCUT2D eigenvalue weighted by Crippen LogP contribution is -2.09. The van der Waals surface area contributed by atoms with Gasteiger partial charge in [0.05, 0.1) is 6.61 Å². The molecule has 35 heavy (non-hydrogen) atoms. The molecule has 0 aliphatic carbocycles. The Balaban J connectivity index is 1.78. The summed E-state index contributed by atoms with van der Waals surface area (Å²) in [5.74, 6) is -0.686. The summed E-state index contributed by atoms with van der Waals surface area (Å²) in [6.45, 7) is 7.65. The Morgan fingerprint density at radius 2 is 1.57 bits per heavy atom. The van der Waals surface area contributed by atoms with E-state index in [9.17, 15) is 9.90 Å². The van der Waals surface area contributed by atoms with E-state index in [1.165, 1.54) is 24.8 Å². The number of aryl methyl sites for hydroxylation is 1. The molecule has 0 aliphatic rings. The summed E-state index contributed by atoms with van der Waals surface area (Å²) < 4.78 is 20.4. The van der Waals surface area contributed by atoms with Gasteiger partial charge in [0.15, 0.2) is 0 Å². The second-order valence-corrected chi connectivity index (χ2v) is 8.97. The van der Waals surface area contributed by atoms with Crippen molar-refractivity contribution in [2.75, 3.05) is 13.2 Å². The molecule has 0 atom stereocenters. The van der Waals surface area contributed by atoms with Crippen LogP contribution in [0.1, 0.15) is 49.8 Å². The largest absolute Gasteiger partial charge is 0.462 e. The first-order valence-electron chi connectivity index (χ1n) is 12.4. The molecule has 3 aromatic carbocycles. The Bertz CT molecular complexity index is 1150. The average molecular weight is 475 g/mol. The van der Waals surface area contributed by atoms with Crippen molar-refractivity contribution in [1.29, 1.82) is 0 Å². The van der Waals surface area contributed by atoms with Crippen molar-refractivity contribution in [3.8, 4) is 22.3 Å². The first-order chi connectivity index (χ1) is 16.9. The maximum atomic E-state index is 15.1. The molecular formula is C31H35FO3. The number of hydrogen-bond donors (Lipinski definition) is 1. The molecule has 0 radical (unpaired) electrons. The lowest BCUT2D eigenvalue weighted by Gasteiger charge is -2.13. The number of carbonyl (C=O) groups excluding carboxylic acids is 1. The van der Waals surface area contributed by atoms with E-state index >= 15 is 4.39 Å². The standard InChI is InChI=1S/C31H35FO3/c1-4-5-6-7-23-8-10-25(11-9-23)29-15-14-27(21-30(29)32)26-13-12-24(16-18-33)28(20-26)17-19-35-31(34)22(2)3/h8-15,20-21,33H,2,4-7,16-19H2,1,3H3. The van der Waals surface area contributed by atoms with Gasteiger partial charge in [-0.05, 0) is 65.6 Å². The molecule has 1 N–H and O–H groups in total. The summed E-state index contributed by atoms with van der Waals surface area (Å²) in [5.41, 5.74) is 6.69. The lowest BCUT2D eigenvalue weighted by molar-refractivity contribution is -0.138. The second kappa shape index (κ2) is 13.0. The molecular weight excluding hydrogens is 439 g/mol. The topological polar surface area (TPSA) is 46.5 Å². The molecule has 4 heteroatoms. The summed E-state index contributed by atoms with van der Waals surface area (Å²) in [4.78, 5) is 11.7. The molecule has 0 saturated heterocycles. The van der Waals surface area contributed by atoms with E-state index < -0.39 is 5.97 Å². The number of benzene rings is 3. The molecule has 0 amide bonds. The molecule has 0 aromatic heterocycles. The summed E-state index contributed by atoms with van der Waals surface area (Å²) in [5, 5.41) is 9.42. The molecule has 0 heterocycles. The van der Waals surface area contributed by atoms with Crippen LogP contribution in [0.2, 0.25) is 0 Å². The Morgan fingerprint density at radius 3 is 2.23 bits per heavy atom. The Kier molecular flexibility index (Phi) is 9.80. The number of halogens is 1. The highest BCUT2D eigenvalue weighted by atomic mass is 19.1. The van der Waals surface area contributed by atoms with Crippen LogP contribution in [0.25, 0.3) is 22.3 Å². The average Bonchev–Trinajstić information content (AvgIpc) is 2.85. The quantitative estimate of drug-likeness (QED) is 0.173. The molecule has 0 saturated carbocycles. The number of ether oxygens (including phenoxy) is 1. The van der Waals surface area contributed by atoms with Gasteiger partial charge >= 0.3 is 5.97 Å². The van der Waals surface area contributed by atoms with Crippen LogP contribution in [0.5, 0.6) is 0 Å². The van der Waals surface area contributed by atoms with Gasteiger partial charge < -0.3 is 9.84 Å². The van der Waals surface area contributed by atoms with E-state index in [0.717, 1.165) is 34.2 Å². The fourth-order valence-electron chi connectivity index (χ4n) is 4.14. The fraction of sp³-hybridized carbons (Fsp3) is 0.323. The predicted molar refractivity (Wildman–Crippen MR) is 141 cm³/mol. The maximum Gasteiger partial charge on any atom is 0.333 e. The van der Waals surface area contributed by atoms with Gasteiger partial charge in [-0.2, -0.15) is 0 Å². The summed E-state index contributed by atoms with van der Waals surface area (Å²) >= 11 is 0. The maximum absolute atomic E-state index is 15.1. The minimum Gasteiger partial charge on any atom is -0.462 e. The number of unbranched alkanes of at least 4 members (excludes halogenated alkanes) is 2. The van der Waals surface area contributed by atoms with Crippen molar-refractivity contribution in [2.45, 2.75) is 52.4 Å². The third-order valence-electron chi connectivity index (χ3n) is 6.18. The van der Waals surface area contributed by atoms with Gasteiger partial charge in [-0.25, -0.2) is 9.18 Å². The van der Waals surface area contributed by atoms with Gasteiger partial charge in [-0.15, -0.1) is 0 Å². The van der Waals surface area contributed by atoms with E-state index in [4.69, 9.17) is 4.74 Å². The Morgan fingerprint density at radius 1 is 0.886 bits per heavy atom. The van der Waals surface area contributed by atoms with Crippen LogP contribution in [-0.4, -0.2) is 24.3 Å². The fourth-order valence-corrected chi connectivity index (χ4v) is 4.14. The van der Waals surface area contributed by atoms with Crippen LogP contribution in [0.4, 0.5) is 4.39 Å². The van der Waals surface area contributed by atoms with Gasteiger partial charge in [-0.1, -0.05) is 80.9 Å². The van der Waals surface area contributed by atoms with Crippen LogP contribution in [-0.2, 0) is 28.8 Å². The smallest absolute Gasteiger partial charge is 0.333 e. The highest BCUT2D eigenvalue weighted by Crippen LogP contribution is 2.30. The molecule has 0 aliphatic heterocycles. The minimum absolute atomic E-state index is 0.0264. The van der Waals surface area contributed by atoms with Gasteiger partial charge in [0.2, 0.25) is 0 Å². The molecule has 3 nitrogen and oxygen atoms in total. The summed E-state index contributed by atoms with van der Waals surface area (Å²) in [6.07, 6.45) is 5.66. The first-order valence-corrected chi connectivity index (χ1v) is 12.4. The van der Waals surface area contributed by atoms with Crippen molar-refractivity contribution in [3.05, 3.63) is 95.3 Å². The van der Waals surface area contributed by atoms with Gasteiger partial charge in [0.1, 0.15) is 5.82 Å². The van der Waals surface area contributed by atoms with Crippen LogP contribution in [0.3, 0.4) is 0 Å². The van der Waals surface area contributed by atoms with E-state index in [-0.39, 0.29) is 19.0 Å². The highest BCUT2D eigenvalue weighted by molar-refractivity contribution is 5.86. The van der Waals surface area contributed by atoms with Crippen molar-refractivity contribution in [3.63, 3.8) is 0 Å². The number of rotatable bonds is 12. The monoisotopic (exact) mass is 474 g/mol. The number of carbonyl (C=O) groups is 1. The lowest BCUT2D eigenvalue weighted by atomic mass is 9.94. The van der Waals surface area contributed by atoms with Crippen molar-refractivity contribution >= 4 is 5.97 Å². The summed E-state index contributed by atoms with van der Waals surface area (Å²) in [6, 6.07) is 19.4. The van der Waals surface area contributed by atoms with Gasteiger partial charge in [0.25, 0.3) is 0 Å². The van der Waals surface area contributed by atoms with Gasteiger partial charge in [0, 0.05) is 24.2 Å². The second-order valence-electron chi connectivity index (χ2n) is 8.97. The zero-order chi connectivity index (χ0) is 25.2. The zero-order valence-corrected chi connectivity index (χ0v) is 20.8. The molecule has 184 valence electrons. The molecule has 3 aromatic rings. The summed E-state index contributed by atoms with van der Waals surface area (Å²) in [7, 11) is 0. The normalized spacial score (nSPS) is 10.9. The third kappa shape index (κ3) is 7.37. The third-order valence-corrected chi connectivity index (χ3v) is 6.18. The van der Waals surface area contributed by atoms with E-state index in [1.54, 1.807) is 13.0 Å². The Hall–Kier alpha value is -3.24. The van der Waals surface area contributed by atoms with Gasteiger partial charge in [-0.3, -0.25) is 0 Å². The number of aliphatic hydroxyl groups excluding tert-OH is 1. The molecule has 0 spiro atoms. The predicted octanol–water partition coefficient (Wildman–Crippen LogP) is 7.09. The van der Waals surface area contributed by atoms with E-state index in [0.29, 0.717) is 24.0 Å². The molecule has 0 unspecified atom stereocenters. The minimum atomic E-state index is -0.420. The van der Waals surface area contributed by atoms with Crippen LogP contribution in [0.15, 0.2) is 72.8 Å². The zero-order valence-electron chi connectivity index (χ0n) is 20.8. The number of aliphatic hydroxyl groups is 1. The van der Waals surface area contributed by atoms with Crippen molar-refractivity contribution in [2.24, 2.45) is 0 Å². The SMILES string of the molecule is C=C(C)C(=O)OCCc1cc(-c2ccc(-c3ccc(CCCCC)cc3)c(F)c2)ccc1CCO. The molecule has 3 rings (SSSR count). The van der Waals surface area contributed by atoms with Crippen molar-refractivity contribution < 1.29 is 19.0 Å². The van der Waals surface area contributed by atoms with E-state index in [2.05, 4.69) is 25.6 Å². The first kappa shape index (κ1) is 26.4. The highest BCUT2D eigenvalue weighted by Gasteiger charge is 2.11. The number of hydrogen-bond acceptors (Lipinski definition) is 3. The number of esters is 1. The molecule has 0 fully saturated rings. The van der Waals surface area contributed by atoms with Crippen LogP contribution < -0.4 is 0 Å². The van der Waals surface area contributed by atoms with E-state index in [1.807, 2.05) is 42.5 Å². The van der Waals surface area contributed by atoms with Crippen LogP contribution in [0, 0.1) is 5.82 Å². The van der Waals surface area contributed by atoms with Crippen LogP contribution >= 0.6 is 0 Å².